The molecular formula is C62H124O5. The third-order valence-corrected chi connectivity index (χ3v) is 14.4. The van der Waals surface area contributed by atoms with Gasteiger partial charge in [0.25, 0.3) is 0 Å². The number of unbranched alkanes of at least 4 members (excludes halogenated alkanes) is 41. The van der Waals surface area contributed by atoms with Crippen molar-refractivity contribution in [2.24, 2.45) is 5.92 Å². The van der Waals surface area contributed by atoms with Crippen molar-refractivity contribution in [3.8, 4) is 0 Å². The minimum atomic E-state index is -0.547. The molecule has 5 nitrogen and oxygen atoms in total. The molecule has 0 aromatic heterocycles. The second-order valence-electron chi connectivity index (χ2n) is 21.3. The summed E-state index contributed by atoms with van der Waals surface area (Å²) in [5.74, 6) is -0.563. The van der Waals surface area contributed by atoms with Crippen LogP contribution in [0.25, 0.3) is 0 Å². The van der Waals surface area contributed by atoms with Gasteiger partial charge in [0.15, 0.2) is 0 Å². The third kappa shape index (κ3) is 54.2. The molecule has 0 radical (unpaired) electrons. The first-order valence-corrected chi connectivity index (χ1v) is 30.9. The largest absolute Gasteiger partial charge is 0.462 e. The van der Waals surface area contributed by atoms with Crippen LogP contribution in [-0.4, -0.2) is 40.8 Å². The molecule has 5 heteroatoms. The fourth-order valence-corrected chi connectivity index (χ4v) is 9.67. The van der Waals surface area contributed by atoms with Crippen molar-refractivity contribution in [2.75, 3.05) is 6.61 Å². The zero-order valence-electron chi connectivity index (χ0n) is 46.6. The molecule has 0 aliphatic carbocycles. The first-order chi connectivity index (χ1) is 32.9. The van der Waals surface area contributed by atoms with Gasteiger partial charge >= 0.3 is 5.97 Å². The van der Waals surface area contributed by atoms with Gasteiger partial charge in [-0.2, -0.15) is 0 Å². The minimum absolute atomic E-state index is 0.0179. The van der Waals surface area contributed by atoms with Crippen molar-refractivity contribution >= 4 is 11.8 Å². The Morgan fingerprint density at radius 1 is 0.328 bits per heavy atom. The van der Waals surface area contributed by atoms with Crippen molar-refractivity contribution in [3.05, 3.63) is 0 Å². The highest BCUT2D eigenvalue weighted by molar-refractivity contribution is 5.99. The zero-order chi connectivity index (χ0) is 49.4. The summed E-state index contributed by atoms with van der Waals surface area (Å²) in [5.41, 5.74) is 0. The highest BCUT2D eigenvalue weighted by Crippen LogP contribution is 2.24. The average Bonchev–Trinajstić information content (AvgIpc) is 3.33. The fraction of sp³-hybridized carbons (Fsp3) is 0.968. The van der Waals surface area contributed by atoms with Gasteiger partial charge in [-0.25, -0.2) is 0 Å². The molecule has 3 atom stereocenters. The Hall–Kier alpha value is -0.940. The highest BCUT2D eigenvalue weighted by Gasteiger charge is 2.29. The van der Waals surface area contributed by atoms with Crippen LogP contribution in [0.15, 0.2) is 0 Å². The number of hydrogen-bond acceptors (Lipinski definition) is 5. The Balaban J connectivity index is 0. The molecule has 0 rings (SSSR count). The lowest BCUT2D eigenvalue weighted by molar-refractivity contribution is -0.158. The van der Waals surface area contributed by atoms with Gasteiger partial charge in [-0.3, -0.25) is 9.59 Å². The van der Waals surface area contributed by atoms with Gasteiger partial charge in [0.05, 0.1) is 12.7 Å². The molecule has 0 aliphatic rings. The van der Waals surface area contributed by atoms with E-state index in [9.17, 15) is 9.59 Å². The Morgan fingerprint density at radius 3 is 0.866 bits per heavy atom. The van der Waals surface area contributed by atoms with Crippen molar-refractivity contribution < 1.29 is 24.5 Å². The number of rotatable bonds is 55. The summed E-state index contributed by atoms with van der Waals surface area (Å²) in [6, 6.07) is 0. The number of Topliss-reactive ketones (excluding diaryl/α,β-unsaturated/α-hetero) is 1. The number of aliphatic hydroxyl groups is 2. The second kappa shape index (κ2) is 59.4. The van der Waals surface area contributed by atoms with Crippen molar-refractivity contribution in [1.82, 2.24) is 0 Å². The van der Waals surface area contributed by atoms with Gasteiger partial charge in [-0.1, -0.05) is 311 Å². The molecule has 402 valence electrons. The first kappa shape index (κ1) is 68.1. The normalized spacial score (nSPS) is 12.8. The van der Waals surface area contributed by atoms with Crippen LogP contribution in [0.2, 0.25) is 0 Å². The third-order valence-electron chi connectivity index (χ3n) is 14.4. The molecule has 67 heavy (non-hydrogen) atoms. The van der Waals surface area contributed by atoms with Crippen LogP contribution in [0, 0.1) is 5.92 Å². The molecular weight excluding hydrogens is 825 g/mol. The van der Waals surface area contributed by atoms with E-state index < -0.39 is 12.0 Å². The summed E-state index contributed by atoms with van der Waals surface area (Å²) in [6.45, 7) is 11.1. The van der Waals surface area contributed by atoms with Gasteiger partial charge in [0.2, 0.25) is 0 Å². The summed E-state index contributed by atoms with van der Waals surface area (Å²) in [6.07, 6.45) is 63.2. The lowest BCUT2D eigenvalue weighted by atomic mass is 9.92. The molecule has 2 N–H and O–H groups in total. The Labute approximate surface area is 421 Å². The molecule has 0 amide bonds. The van der Waals surface area contributed by atoms with Crippen LogP contribution in [0.3, 0.4) is 0 Å². The lowest BCUT2D eigenvalue weighted by Crippen LogP contribution is -2.30. The van der Waals surface area contributed by atoms with Gasteiger partial charge in [0.1, 0.15) is 17.8 Å². The van der Waals surface area contributed by atoms with E-state index in [2.05, 4.69) is 34.6 Å². The van der Waals surface area contributed by atoms with Gasteiger partial charge in [-0.15, -0.1) is 0 Å². The number of ketones is 1. The zero-order valence-corrected chi connectivity index (χ0v) is 46.6. The summed E-state index contributed by atoms with van der Waals surface area (Å²) in [4.78, 5) is 27.7. The van der Waals surface area contributed by atoms with Crippen LogP contribution in [-0.2, 0) is 14.3 Å². The van der Waals surface area contributed by atoms with Crippen LogP contribution < -0.4 is 0 Å². The van der Waals surface area contributed by atoms with E-state index in [0.29, 0.717) is 12.8 Å². The summed E-state index contributed by atoms with van der Waals surface area (Å²) >= 11 is 0. The van der Waals surface area contributed by atoms with E-state index in [-0.39, 0.29) is 24.5 Å². The van der Waals surface area contributed by atoms with E-state index in [4.69, 9.17) is 14.9 Å². The quantitative estimate of drug-likeness (QED) is 0.0361. The molecule has 0 bridgehead atoms. The van der Waals surface area contributed by atoms with Gasteiger partial charge < -0.3 is 14.9 Å². The molecule has 3 unspecified atom stereocenters. The maximum absolute atomic E-state index is 13.9. The van der Waals surface area contributed by atoms with Crippen LogP contribution in [0.1, 0.15) is 362 Å². The van der Waals surface area contributed by atoms with E-state index >= 15 is 0 Å². The fourth-order valence-electron chi connectivity index (χ4n) is 9.67. The maximum atomic E-state index is 13.9. The summed E-state index contributed by atoms with van der Waals surface area (Å²) < 4.78 is 6.37. The number of hydrogen-bond donors (Lipinski definition) is 2. The van der Waals surface area contributed by atoms with Crippen LogP contribution >= 0.6 is 0 Å². The standard InChI is InChI=1S/C56H110O3.C6H14O2/c1-5-9-13-17-21-24-26-28-30-32-34-37-40-44-48-52-55(57)54(51-47-43-39-36-33-31-29-27-25-22-18-14-10-6-2)56(58)59-53(49-45-41-20-16-12-8-4)50-46-42-38-35-23-19-15-11-7-3;1-2-3-4-6(8)5-7/h53-54H,5-52H2,1-4H3;6-8H,2-5H2,1H3. The molecule has 0 spiro atoms. The minimum Gasteiger partial charge on any atom is -0.462 e. The number of carbonyl (C=O) groups excluding carboxylic acids is 2. The molecule has 0 heterocycles. The number of carbonyl (C=O) groups is 2. The van der Waals surface area contributed by atoms with Crippen LogP contribution in [0.4, 0.5) is 0 Å². The van der Waals surface area contributed by atoms with Crippen molar-refractivity contribution in [3.63, 3.8) is 0 Å². The van der Waals surface area contributed by atoms with Crippen molar-refractivity contribution in [1.29, 1.82) is 0 Å². The van der Waals surface area contributed by atoms with E-state index in [1.54, 1.807) is 0 Å². The number of esters is 1. The molecule has 0 aliphatic heterocycles. The maximum Gasteiger partial charge on any atom is 0.316 e. The molecule has 0 aromatic carbocycles. The van der Waals surface area contributed by atoms with E-state index in [1.165, 1.54) is 244 Å². The Bertz CT molecular complexity index is 937. The van der Waals surface area contributed by atoms with E-state index in [0.717, 1.165) is 70.6 Å². The van der Waals surface area contributed by atoms with Gasteiger partial charge in [0, 0.05) is 6.42 Å². The smallest absolute Gasteiger partial charge is 0.316 e. The Morgan fingerprint density at radius 2 is 0.582 bits per heavy atom. The summed E-state index contributed by atoms with van der Waals surface area (Å²) in [5, 5.41) is 17.1. The van der Waals surface area contributed by atoms with E-state index in [1.807, 2.05) is 0 Å². The summed E-state index contributed by atoms with van der Waals surface area (Å²) in [7, 11) is 0. The predicted molar refractivity (Wildman–Crippen MR) is 295 cm³/mol. The molecule has 0 fully saturated rings. The Kier molecular flexibility index (Phi) is 60.4. The molecule has 0 aromatic rings. The lowest BCUT2D eigenvalue weighted by Gasteiger charge is -2.22. The van der Waals surface area contributed by atoms with Crippen molar-refractivity contribution in [2.45, 2.75) is 374 Å². The first-order valence-electron chi connectivity index (χ1n) is 30.9. The monoisotopic (exact) mass is 949 g/mol. The topological polar surface area (TPSA) is 83.8 Å². The number of aliphatic hydroxyl groups excluding tert-OH is 2. The second-order valence-corrected chi connectivity index (χ2v) is 21.3. The predicted octanol–water partition coefficient (Wildman–Crippen LogP) is 20.4. The molecule has 0 saturated heterocycles. The highest BCUT2D eigenvalue weighted by atomic mass is 16.5. The number of ether oxygens (including phenoxy) is 1. The average molecular weight is 950 g/mol. The SMILES string of the molecule is CCCCC(O)CO.CCCCCCCCCCCCCCCCCC(=O)C(CCCCCCCCCCCCCCCC)C(=O)OC(CCCCCCCC)CCCCCCCCCCC. The molecule has 0 saturated carbocycles. The van der Waals surface area contributed by atoms with Gasteiger partial charge in [-0.05, 0) is 44.9 Å². The van der Waals surface area contributed by atoms with Crippen LogP contribution in [0.5, 0.6) is 0 Å².